The molecule has 1 unspecified atom stereocenters. The zero-order valence-corrected chi connectivity index (χ0v) is 14.6. The fourth-order valence-corrected chi connectivity index (χ4v) is 2.26. The molecular formula is C21H17N3O3. The minimum Gasteiger partial charge on any atom is -0.481 e. The van der Waals surface area contributed by atoms with Crippen LogP contribution in [0.15, 0.2) is 73.1 Å². The summed E-state index contributed by atoms with van der Waals surface area (Å²) in [6, 6.07) is 19.4. The van der Waals surface area contributed by atoms with E-state index in [1.54, 1.807) is 80.0 Å². The first-order chi connectivity index (χ1) is 13.1. The molecule has 0 fully saturated rings. The Morgan fingerprint density at radius 1 is 1.04 bits per heavy atom. The molecule has 6 nitrogen and oxygen atoms in total. The predicted octanol–water partition coefficient (Wildman–Crippen LogP) is 4.15. The average molecular weight is 359 g/mol. The van der Waals surface area contributed by atoms with Gasteiger partial charge in [-0.05, 0) is 67.6 Å². The third-order valence-corrected chi connectivity index (χ3v) is 3.65. The molecule has 0 radical (unpaired) electrons. The van der Waals surface area contributed by atoms with E-state index in [1.807, 2.05) is 0 Å². The topological polar surface area (TPSA) is 84.2 Å². The van der Waals surface area contributed by atoms with Gasteiger partial charge in [-0.3, -0.25) is 9.78 Å². The standard InChI is InChI=1S/C21H17N3O3/c1-15(21(25)24-17-3-2-12-23-14-17)26-18-8-10-20(11-9-18)27-19-6-4-16(13-22)5-7-19/h2-12,14-15H,1H3,(H,24,25). The van der Waals surface area contributed by atoms with Crippen LogP contribution in [0.1, 0.15) is 12.5 Å². The summed E-state index contributed by atoms with van der Waals surface area (Å²) in [6.45, 7) is 1.67. The van der Waals surface area contributed by atoms with E-state index in [2.05, 4.69) is 16.4 Å². The molecule has 27 heavy (non-hydrogen) atoms. The molecule has 1 aromatic heterocycles. The second-order valence-electron chi connectivity index (χ2n) is 5.70. The fraction of sp³-hybridized carbons (Fsp3) is 0.0952. The van der Waals surface area contributed by atoms with Gasteiger partial charge in [-0.25, -0.2) is 0 Å². The van der Waals surface area contributed by atoms with Crippen LogP contribution in [0.2, 0.25) is 0 Å². The van der Waals surface area contributed by atoms with Crippen LogP contribution in [0, 0.1) is 11.3 Å². The van der Waals surface area contributed by atoms with Gasteiger partial charge in [0.1, 0.15) is 17.2 Å². The highest BCUT2D eigenvalue weighted by Crippen LogP contribution is 2.24. The van der Waals surface area contributed by atoms with Crippen molar-refractivity contribution in [2.75, 3.05) is 5.32 Å². The molecule has 3 aromatic rings. The summed E-state index contributed by atoms with van der Waals surface area (Å²) in [5.41, 5.74) is 1.19. The number of hydrogen-bond acceptors (Lipinski definition) is 5. The molecule has 0 saturated carbocycles. The minimum absolute atomic E-state index is 0.263. The Bertz CT molecular complexity index is 933. The zero-order valence-electron chi connectivity index (χ0n) is 14.6. The summed E-state index contributed by atoms with van der Waals surface area (Å²) in [6.07, 6.45) is 2.53. The number of carbonyl (C=O) groups excluding carboxylic acids is 1. The molecule has 0 aliphatic heterocycles. The van der Waals surface area contributed by atoms with Crippen LogP contribution in [0.4, 0.5) is 5.69 Å². The molecule has 0 saturated heterocycles. The van der Waals surface area contributed by atoms with E-state index in [9.17, 15) is 4.79 Å². The molecule has 2 aromatic carbocycles. The predicted molar refractivity (Wildman–Crippen MR) is 101 cm³/mol. The van der Waals surface area contributed by atoms with Crippen LogP contribution in [0.25, 0.3) is 0 Å². The van der Waals surface area contributed by atoms with Crippen molar-refractivity contribution in [3.63, 3.8) is 0 Å². The lowest BCUT2D eigenvalue weighted by Gasteiger charge is -2.15. The highest BCUT2D eigenvalue weighted by molar-refractivity contribution is 5.93. The number of carbonyl (C=O) groups is 1. The van der Waals surface area contributed by atoms with Gasteiger partial charge in [0.15, 0.2) is 6.10 Å². The summed E-state index contributed by atoms with van der Waals surface area (Å²) in [7, 11) is 0. The Balaban J connectivity index is 1.56. The van der Waals surface area contributed by atoms with Gasteiger partial charge in [-0.1, -0.05) is 0 Å². The quantitative estimate of drug-likeness (QED) is 0.715. The van der Waals surface area contributed by atoms with Crippen LogP contribution >= 0.6 is 0 Å². The number of amides is 1. The van der Waals surface area contributed by atoms with Crippen molar-refractivity contribution >= 4 is 11.6 Å². The molecule has 0 bridgehead atoms. The number of nitrogens with zero attached hydrogens (tertiary/aromatic N) is 2. The molecule has 0 spiro atoms. The van der Waals surface area contributed by atoms with Crippen molar-refractivity contribution in [1.29, 1.82) is 5.26 Å². The minimum atomic E-state index is -0.671. The van der Waals surface area contributed by atoms with Gasteiger partial charge in [0.2, 0.25) is 0 Å². The lowest BCUT2D eigenvalue weighted by atomic mass is 10.2. The van der Waals surface area contributed by atoms with Gasteiger partial charge < -0.3 is 14.8 Å². The molecule has 3 rings (SSSR count). The normalized spacial score (nSPS) is 11.1. The SMILES string of the molecule is CC(Oc1ccc(Oc2ccc(C#N)cc2)cc1)C(=O)Nc1cccnc1. The van der Waals surface area contributed by atoms with Crippen LogP contribution in [-0.2, 0) is 4.79 Å². The highest BCUT2D eigenvalue weighted by atomic mass is 16.5. The first-order valence-corrected chi connectivity index (χ1v) is 8.29. The van der Waals surface area contributed by atoms with Crippen molar-refractivity contribution in [1.82, 2.24) is 4.98 Å². The summed E-state index contributed by atoms with van der Waals surface area (Å²) < 4.78 is 11.4. The van der Waals surface area contributed by atoms with Gasteiger partial charge in [-0.2, -0.15) is 5.26 Å². The van der Waals surface area contributed by atoms with Gasteiger partial charge in [0.25, 0.3) is 5.91 Å². The molecule has 0 aliphatic rings. The maximum atomic E-state index is 12.2. The van der Waals surface area contributed by atoms with E-state index in [1.165, 1.54) is 0 Å². The smallest absolute Gasteiger partial charge is 0.265 e. The number of anilines is 1. The molecule has 1 heterocycles. The molecule has 1 amide bonds. The molecule has 1 atom stereocenters. The van der Waals surface area contributed by atoms with Gasteiger partial charge in [0, 0.05) is 6.20 Å². The molecular weight excluding hydrogens is 342 g/mol. The van der Waals surface area contributed by atoms with Gasteiger partial charge >= 0.3 is 0 Å². The molecule has 134 valence electrons. The number of ether oxygens (including phenoxy) is 2. The average Bonchev–Trinajstić information content (AvgIpc) is 2.71. The van der Waals surface area contributed by atoms with Crippen molar-refractivity contribution in [2.45, 2.75) is 13.0 Å². The summed E-state index contributed by atoms with van der Waals surface area (Å²) >= 11 is 0. The molecule has 6 heteroatoms. The van der Waals surface area contributed by atoms with Crippen LogP contribution < -0.4 is 14.8 Å². The first-order valence-electron chi connectivity index (χ1n) is 8.29. The maximum absolute atomic E-state index is 12.2. The summed E-state index contributed by atoms with van der Waals surface area (Å²) in [5.74, 6) is 1.54. The van der Waals surface area contributed by atoms with Gasteiger partial charge in [0.05, 0.1) is 23.5 Å². The summed E-state index contributed by atoms with van der Waals surface area (Å²) in [4.78, 5) is 16.1. The Kier molecular flexibility index (Phi) is 5.65. The number of nitrogens with one attached hydrogen (secondary N) is 1. The van der Waals surface area contributed by atoms with E-state index >= 15 is 0 Å². The third kappa shape index (κ3) is 5.06. The van der Waals surface area contributed by atoms with Crippen LogP contribution in [0.3, 0.4) is 0 Å². The number of hydrogen-bond donors (Lipinski definition) is 1. The largest absolute Gasteiger partial charge is 0.481 e. The number of aromatic nitrogens is 1. The van der Waals surface area contributed by atoms with E-state index < -0.39 is 6.10 Å². The van der Waals surface area contributed by atoms with Gasteiger partial charge in [-0.15, -0.1) is 0 Å². The number of nitriles is 1. The zero-order chi connectivity index (χ0) is 19.1. The molecule has 0 aliphatic carbocycles. The van der Waals surface area contributed by atoms with E-state index in [4.69, 9.17) is 14.7 Å². The van der Waals surface area contributed by atoms with Crippen molar-refractivity contribution in [3.8, 4) is 23.3 Å². The monoisotopic (exact) mass is 359 g/mol. The second kappa shape index (κ2) is 8.50. The number of rotatable bonds is 6. The third-order valence-electron chi connectivity index (χ3n) is 3.65. The van der Waals surface area contributed by atoms with Crippen molar-refractivity contribution < 1.29 is 14.3 Å². The summed E-state index contributed by atoms with van der Waals surface area (Å²) in [5, 5.41) is 11.5. The van der Waals surface area contributed by atoms with E-state index in [-0.39, 0.29) is 5.91 Å². The number of benzene rings is 2. The lowest BCUT2D eigenvalue weighted by Crippen LogP contribution is -2.30. The first kappa shape index (κ1) is 18.0. The van der Waals surface area contributed by atoms with Crippen LogP contribution in [0.5, 0.6) is 17.2 Å². The molecule has 1 N–H and O–H groups in total. The van der Waals surface area contributed by atoms with Crippen LogP contribution in [-0.4, -0.2) is 17.0 Å². The van der Waals surface area contributed by atoms with Crippen molar-refractivity contribution in [3.05, 3.63) is 78.6 Å². The Morgan fingerprint density at radius 2 is 1.67 bits per heavy atom. The fourth-order valence-electron chi connectivity index (χ4n) is 2.26. The van der Waals surface area contributed by atoms with Crippen molar-refractivity contribution in [2.24, 2.45) is 0 Å². The maximum Gasteiger partial charge on any atom is 0.265 e. The Labute approximate surface area is 157 Å². The van der Waals surface area contributed by atoms with E-state index in [0.717, 1.165) is 0 Å². The lowest BCUT2D eigenvalue weighted by molar-refractivity contribution is -0.122. The van der Waals surface area contributed by atoms with E-state index in [0.29, 0.717) is 28.5 Å². The second-order valence-corrected chi connectivity index (χ2v) is 5.70. The Morgan fingerprint density at radius 3 is 2.26 bits per heavy atom. The Hall–Kier alpha value is -3.85. The highest BCUT2D eigenvalue weighted by Gasteiger charge is 2.15. The number of pyridine rings is 1.